The minimum absolute atomic E-state index is 0.139. The maximum Gasteiger partial charge on any atom is 0.0959 e. The molecular weight excluding hydrogens is 216 g/mol. The van der Waals surface area contributed by atoms with Crippen LogP contribution in [-0.2, 0) is 0 Å². The van der Waals surface area contributed by atoms with Crippen molar-refractivity contribution in [2.45, 2.75) is 63.8 Å². The fourth-order valence-electron chi connectivity index (χ4n) is 2.40. The van der Waals surface area contributed by atoms with Crippen LogP contribution >= 0.6 is 11.3 Å². The van der Waals surface area contributed by atoms with Gasteiger partial charge >= 0.3 is 0 Å². The van der Waals surface area contributed by atoms with Crippen molar-refractivity contribution in [3.63, 3.8) is 0 Å². The Bertz CT molecular complexity index is 311. The molecule has 1 aliphatic carbocycles. The minimum Gasteiger partial charge on any atom is -0.323 e. The molecule has 0 radical (unpaired) electrons. The van der Waals surface area contributed by atoms with Crippen molar-refractivity contribution in [3.8, 4) is 0 Å². The number of nitrogens with zero attached hydrogens (tertiary/aromatic N) is 1. The van der Waals surface area contributed by atoms with Crippen LogP contribution in [0.1, 0.15) is 73.7 Å². The Labute approximate surface area is 102 Å². The highest BCUT2D eigenvalue weighted by atomic mass is 32.1. The van der Waals surface area contributed by atoms with Crippen molar-refractivity contribution in [1.29, 1.82) is 0 Å². The zero-order valence-corrected chi connectivity index (χ0v) is 10.9. The average molecular weight is 238 g/mol. The van der Waals surface area contributed by atoms with Crippen molar-refractivity contribution in [3.05, 3.63) is 16.1 Å². The Morgan fingerprint density at radius 2 is 1.88 bits per heavy atom. The molecule has 1 unspecified atom stereocenters. The molecule has 1 fully saturated rings. The van der Waals surface area contributed by atoms with E-state index in [0.717, 1.165) is 0 Å². The van der Waals surface area contributed by atoms with Gasteiger partial charge < -0.3 is 5.73 Å². The largest absolute Gasteiger partial charge is 0.323 e. The number of aromatic nitrogens is 1. The first-order valence-electron chi connectivity index (χ1n) is 6.48. The van der Waals surface area contributed by atoms with Gasteiger partial charge in [0.15, 0.2) is 0 Å². The van der Waals surface area contributed by atoms with E-state index >= 15 is 0 Å². The Balaban J connectivity index is 2.02. The topological polar surface area (TPSA) is 38.9 Å². The Morgan fingerprint density at radius 3 is 2.44 bits per heavy atom. The summed E-state index contributed by atoms with van der Waals surface area (Å²) in [5.41, 5.74) is 5.88. The maximum atomic E-state index is 5.88. The zero-order chi connectivity index (χ0) is 11.4. The van der Waals surface area contributed by atoms with Crippen LogP contribution in [0.5, 0.6) is 0 Å². The summed E-state index contributed by atoms with van der Waals surface area (Å²) in [4.78, 5) is 5.81. The van der Waals surface area contributed by atoms with E-state index in [-0.39, 0.29) is 6.04 Å². The van der Waals surface area contributed by atoms with Crippen LogP contribution in [0.25, 0.3) is 0 Å². The quantitative estimate of drug-likeness (QED) is 0.846. The summed E-state index contributed by atoms with van der Waals surface area (Å²) in [7, 11) is 0. The molecule has 0 amide bonds. The second kappa shape index (κ2) is 5.78. The van der Waals surface area contributed by atoms with E-state index in [4.69, 9.17) is 5.73 Å². The van der Waals surface area contributed by atoms with Crippen LogP contribution in [-0.4, -0.2) is 4.98 Å². The molecule has 1 heterocycles. The first kappa shape index (κ1) is 12.1. The third kappa shape index (κ3) is 3.05. The molecule has 1 aliphatic rings. The first-order chi connectivity index (χ1) is 7.77. The number of hydrogen-bond donors (Lipinski definition) is 1. The van der Waals surface area contributed by atoms with Crippen LogP contribution in [0.15, 0.2) is 6.20 Å². The lowest BCUT2D eigenvalue weighted by Crippen LogP contribution is -2.02. The normalized spacial score (nSPS) is 21.4. The van der Waals surface area contributed by atoms with Gasteiger partial charge in [-0.2, -0.15) is 0 Å². The Morgan fingerprint density at radius 1 is 1.25 bits per heavy atom. The summed E-state index contributed by atoms with van der Waals surface area (Å²) in [5.74, 6) is 0.706. The molecule has 2 N–H and O–H groups in total. The number of rotatable bonds is 2. The fraction of sp³-hybridized carbons (Fsp3) is 0.769. The highest BCUT2D eigenvalue weighted by Crippen LogP contribution is 2.34. The van der Waals surface area contributed by atoms with Crippen molar-refractivity contribution in [1.82, 2.24) is 4.98 Å². The van der Waals surface area contributed by atoms with Crippen molar-refractivity contribution >= 4 is 11.3 Å². The van der Waals surface area contributed by atoms with Gasteiger partial charge in [0, 0.05) is 23.0 Å². The van der Waals surface area contributed by atoms with E-state index in [1.165, 1.54) is 54.8 Å². The molecule has 2 rings (SSSR count). The summed E-state index contributed by atoms with van der Waals surface area (Å²) in [6.07, 6.45) is 11.6. The maximum absolute atomic E-state index is 5.88. The van der Waals surface area contributed by atoms with E-state index in [2.05, 4.69) is 4.98 Å². The van der Waals surface area contributed by atoms with Crippen molar-refractivity contribution in [2.75, 3.05) is 0 Å². The van der Waals surface area contributed by atoms with Crippen molar-refractivity contribution < 1.29 is 0 Å². The van der Waals surface area contributed by atoms with Crippen LogP contribution in [0.2, 0.25) is 0 Å². The third-order valence-electron chi connectivity index (χ3n) is 3.44. The highest BCUT2D eigenvalue weighted by Gasteiger charge is 2.17. The van der Waals surface area contributed by atoms with Gasteiger partial charge in [0.2, 0.25) is 0 Å². The standard InChI is InChI=1S/C13H22N2S/c1-10(14)12-9-15-13(16-12)11-7-5-3-2-4-6-8-11/h9-11H,2-8,14H2,1H3. The van der Waals surface area contributed by atoms with Crippen LogP contribution in [0.3, 0.4) is 0 Å². The molecule has 0 aromatic carbocycles. The van der Waals surface area contributed by atoms with Gasteiger partial charge in [0.1, 0.15) is 0 Å². The van der Waals surface area contributed by atoms with E-state index in [0.29, 0.717) is 5.92 Å². The SMILES string of the molecule is CC(N)c1cnc(C2CCCCCCC2)s1. The molecule has 1 saturated carbocycles. The highest BCUT2D eigenvalue weighted by molar-refractivity contribution is 7.11. The second-order valence-corrected chi connectivity index (χ2v) is 6.03. The Kier molecular flexibility index (Phi) is 4.36. The first-order valence-corrected chi connectivity index (χ1v) is 7.30. The van der Waals surface area contributed by atoms with E-state index in [1.54, 1.807) is 0 Å². The molecule has 3 heteroatoms. The van der Waals surface area contributed by atoms with Gasteiger partial charge in [-0.05, 0) is 19.8 Å². The smallest absolute Gasteiger partial charge is 0.0959 e. The molecule has 0 aliphatic heterocycles. The van der Waals surface area contributed by atoms with Gasteiger partial charge in [-0.3, -0.25) is 0 Å². The lowest BCUT2D eigenvalue weighted by atomic mass is 9.92. The van der Waals surface area contributed by atoms with E-state index < -0.39 is 0 Å². The molecule has 1 aromatic heterocycles. The minimum atomic E-state index is 0.139. The third-order valence-corrected chi connectivity index (χ3v) is 4.81. The number of hydrogen-bond acceptors (Lipinski definition) is 3. The predicted octanol–water partition coefficient (Wildman–Crippen LogP) is 3.99. The molecule has 1 aromatic rings. The molecular formula is C13H22N2S. The van der Waals surface area contributed by atoms with Gasteiger partial charge in [-0.25, -0.2) is 4.98 Å². The number of nitrogens with two attached hydrogens (primary N) is 1. The fourth-order valence-corrected chi connectivity index (χ4v) is 3.44. The monoisotopic (exact) mass is 238 g/mol. The van der Waals surface area contributed by atoms with Crippen LogP contribution in [0.4, 0.5) is 0 Å². The molecule has 0 saturated heterocycles. The summed E-state index contributed by atoms with van der Waals surface area (Å²) >= 11 is 1.83. The number of thiazole rings is 1. The Hall–Kier alpha value is -0.410. The summed E-state index contributed by atoms with van der Waals surface area (Å²) in [6.45, 7) is 2.04. The molecule has 2 nitrogen and oxygen atoms in total. The molecule has 16 heavy (non-hydrogen) atoms. The lowest BCUT2D eigenvalue weighted by Gasteiger charge is -2.17. The summed E-state index contributed by atoms with van der Waals surface area (Å²) < 4.78 is 0. The van der Waals surface area contributed by atoms with Crippen LogP contribution < -0.4 is 5.73 Å². The second-order valence-electron chi connectivity index (χ2n) is 4.93. The van der Waals surface area contributed by atoms with E-state index in [9.17, 15) is 0 Å². The summed E-state index contributed by atoms with van der Waals surface area (Å²) in [5, 5.41) is 1.33. The molecule has 0 spiro atoms. The van der Waals surface area contributed by atoms with Gasteiger partial charge in [-0.15, -0.1) is 11.3 Å². The average Bonchev–Trinajstić information content (AvgIpc) is 2.66. The lowest BCUT2D eigenvalue weighted by molar-refractivity contribution is 0.454. The zero-order valence-electron chi connectivity index (χ0n) is 10.1. The van der Waals surface area contributed by atoms with Gasteiger partial charge in [-0.1, -0.05) is 32.1 Å². The molecule has 1 atom stereocenters. The molecule has 90 valence electrons. The summed E-state index contributed by atoms with van der Waals surface area (Å²) in [6, 6.07) is 0.139. The van der Waals surface area contributed by atoms with Crippen LogP contribution in [0, 0.1) is 0 Å². The van der Waals surface area contributed by atoms with Gasteiger partial charge in [0.05, 0.1) is 5.01 Å². The molecule has 0 bridgehead atoms. The van der Waals surface area contributed by atoms with E-state index in [1.807, 2.05) is 24.5 Å². The van der Waals surface area contributed by atoms with Gasteiger partial charge in [0.25, 0.3) is 0 Å². The van der Waals surface area contributed by atoms with Crippen molar-refractivity contribution in [2.24, 2.45) is 5.73 Å². The predicted molar refractivity (Wildman–Crippen MR) is 69.8 cm³/mol.